The SMILES string of the molecule is c1ccc(-c2ccc(-c3ccnc4cccc(-c5ccc(-c6nc(-c7ccccc7)nc(-c7cccc(-c8ccccn8)c7)n6)cc5)c34)cc2)cc1. The van der Waals surface area contributed by atoms with Gasteiger partial charge in [-0.3, -0.25) is 9.97 Å². The molecule has 0 N–H and O–H groups in total. The van der Waals surface area contributed by atoms with Gasteiger partial charge in [-0.25, -0.2) is 15.0 Å². The van der Waals surface area contributed by atoms with E-state index in [1.807, 2.05) is 72.9 Å². The molecular formula is C47H31N5. The number of hydrogen-bond acceptors (Lipinski definition) is 5. The van der Waals surface area contributed by atoms with Gasteiger partial charge in [0, 0.05) is 40.0 Å². The molecule has 0 aliphatic heterocycles. The van der Waals surface area contributed by atoms with Gasteiger partial charge in [0.1, 0.15) is 0 Å². The summed E-state index contributed by atoms with van der Waals surface area (Å²) >= 11 is 0. The first-order valence-electron chi connectivity index (χ1n) is 17.2. The van der Waals surface area contributed by atoms with Crippen molar-refractivity contribution in [3.63, 3.8) is 0 Å². The molecule has 0 spiro atoms. The number of hydrogen-bond donors (Lipinski definition) is 0. The summed E-state index contributed by atoms with van der Waals surface area (Å²) in [6.07, 6.45) is 3.70. The molecule has 6 aromatic carbocycles. The normalized spacial score (nSPS) is 11.1. The van der Waals surface area contributed by atoms with E-state index < -0.39 is 0 Å². The summed E-state index contributed by atoms with van der Waals surface area (Å²) in [5.41, 5.74) is 12.5. The van der Waals surface area contributed by atoms with Crippen LogP contribution in [0.5, 0.6) is 0 Å². The lowest BCUT2D eigenvalue weighted by atomic mass is 9.92. The highest BCUT2D eigenvalue weighted by atomic mass is 15.0. The number of benzene rings is 6. The van der Waals surface area contributed by atoms with Crippen LogP contribution in [0.1, 0.15) is 0 Å². The molecule has 3 heterocycles. The molecule has 0 amide bonds. The second-order valence-electron chi connectivity index (χ2n) is 12.5. The van der Waals surface area contributed by atoms with E-state index in [1.165, 1.54) is 11.1 Å². The average molecular weight is 666 g/mol. The lowest BCUT2D eigenvalue weighted by molar-refractivity contribution is 1.07. The van der Waals surface area contributed by atoms with Gasteiger partial charge >= 0.3 is 0 Å². The Hall–Kier alpha value is -7.11. The number of fused-ring (bicyclic) bond motifs is 1. The van der Waals surface area contributed by atoms with E-state index in [9.17, 15) is 0 Å². The minimum atomic E-state index is 0.605. The van der Waals surface area contributed by atoms with Crippen molar-refractivity contribution in [1.82, 2.24) is 24.9 Å². The second-order valence-corrected chi connectivity index (χ2v) is 12.5. The van der Waals surface area contributed by atoms with Crippen LogP contribution in [-0.4, -0.2) is 24.9 Å². The van der Waals surface area contributed by atoms with Crippen LogP contribution in [0.2, 0.25) is 0 Å². The van der Waals surface area contributed by atoms with E-state index >= 15 is 0 Å². The fraction of sp³-hybridized carbons (Fsp3) is 0. The Morgan fingerprint density at radius 2 is 0.788 bits per heavy atom. The van der Waals surface area contributed by atoms with Crippen molar-refractivity contribution < 1.29 is 0 Å². The molecule has 0 saturated carbocycles. The van der Waals surface area contributed by atoms with Crippen LogP contribution in [0.15, 0.2) is 188 Å². The first kappa shape index (κ1) is 30.9. The minimum Gasteiger partial charge on any atom is -0.256 e. The highest BCUT2D eigenvalue weighted by Gasteiger charge is 2.15. The van der Waals surface area contributed by atoms with Gasteiger partial charge in [-0.1, -0.05) is 146 Å². The van der Waals surface area contributed by atoms with Crippen LogP contribution < -0.4 is 0 Å². The highest BCUT2D eigenvalue weighted by Crippen LogP contribution is 2.37. The summed E-state index contributed by atoms with van der Waals surface area (Å²) in [5, 5.41) is 1.12. The van der Waals surface area contributed by atoms with Crippen molar-refractivity contribution >= 4 is 10.9 Å². The van der Waals surface area contributed by atoms with Gasteiger partial charge in [-0.05, 0) is 63.7 Å². The number of rotatable bonds is 7. The third kappa shape index (κ3) is 6.12. The van der Waals surface area contributed by atoms with Crippen LogP contribution in [0.4, 0.5) is 0 Å². The van der Waals surface area contributed by atoms with Crippen molar-refractivity contribution in [2.24, 2.45) is 0 Å². The summed E-state index contributed by atoms with van der Waals surface area (Å²) in [5.74, 6) is 1.84. The van der Waals surface area contributed by atoms with Gasteiger partial charge in [0.15, 0.2) is 17.5 Å². The molecule has 0 radical (unpaired) electrons. The van der Waals surface area contributed by atoms with E-state index in [1.54, 1.807) is 6.20 Å². The standard InChI is InChI=1S/C47H31N5/c1-3-11-32(12-4-1)33-20-22-35(23-21-33)41-28-30-49-43-19-10-17-40(44(41)43)34-24-26-37(27-25-34)46-50-45(36-13-5-2-6-14-36)51-47(52-46)39-16-9-15-38(31-39)42-18-7-8-29-48-42/h1-31H. The molecule has 9 rings (SSSR count). The van der Waals surface area contributed by atoms with Gasteiger partial charge in [0.25, 0.3) is 0 Å². The molecule has 0 aliphatic rings. The zero-order chi connectivity index (χ0) is 34.7. The highest BCUT2D eigenvalue weighted by molar-refractivity contribution is 6.05. The second kappa shape index (κ2) is 13.7. The van der Waals surface area contributed by atoms with Gasteiger partial charge in [0.2, 0.25) is 0 Å². The smallest absolute Gasteiger partial charge is 0.164 e. The van der Waals surface area contributed by atoms with Gasteiger partial charge in [0.05, 0.1) is 11.2 Å². The van der Waals surface area contributed by atoms with Crippen molar-refractivity contribution in [3.8, 4) is 78.8 Å². The maximum atomic E-state index is 5.02. The maximum absolute atomic E-state index is 5.02. The quantitative estimate of drug-likeness (QED) is 0.169. The summed E-state index contributed by atoms with van der Waals surface area (Å²) in [6.45, 7) is 0. The zero-order valence-electron chi connectivity index (χ0n) is 28.1. The van der Waals surface area contributed by atoms with Crippen molar-refractivity contribution in [2.45, 2.75) is 0 Å². The summed E-state index contributed by atoms with van der Waals surface area (Å²) < 4.78 is 0. The third-order valence-corrected chi connectivity index (χ3v) is 9.27. The Bertz CT molecular complexity index is 2640. The number of aromatic nitrogens is 5. The Morgan fingerprint density at radius 1 is 0.288 bits per heavy atom. The topological polar surface area (TPSA) is 64.5 Å². The first-order chi connectivity index (χ1) is 25.8. The minimum absolute atomic E-state index is 0.605. The van der Waals surface area contributed by atoms with E-state index in [2.05, 4.69) is 114 Å². The molecule has 5 nitrogen and oxygen atoms in total. The Labute approximate surface area is 302 Å². The molecule has 52 heavy (non-hydrogen) atoms. The van der Waals surface area contributed by atoms with Crippen LogP contribution in [0, 0.1) is 0 Å². The molecule has 0 bridgehead atoms. The first-order valence-corrected chi connectivity index (χ1v) is 17.2. The van der Waals surface area contributed by atoms with Gasteiger partial charge < -0.3 is 0 Å². The summed E-state index contributed by atoms with van der Waals surface area (Å²) in [7, 11) is 0. The third-order valence-electron chi connectivity index (χ3n) is 9.27. The molecule has 0 aliphatic carbocycles. The van der Waals surface area contributed by atoms with E-state index in [0.29, 0.717) is 17.5 Å². The zero-order valence-corrected chi connectivity index (χ0v) is 28.1. The monoisotopic (exact) mass is 665 g/mol. The lowest BCUT2D eigenvalue weighted by Gasteiger charge is -2.13. The fourth-order valence-electron chi connectivity index (χ4n) is 6.66. The predicted molar refractivity (Wildman–Crippen MR) is 211 cm³/mol. The van der Waals surface area contributed by atoms with Crippen LogP contribution in [0.25, 0.3) is 89.7 Å². The molecule has 0 fully saturated rings. The molecule has 5 heteroatoms. The molecular weight excluding hydrogens is 635 g/mol. The molecule has 9 aromatic rings. The Kier molecular flexibility index (Phi) is 8.12. The lowest BCUT2D eigenvalue weighted by Crippen LogP contribution is -2.00. The van der Waals surface area contributed by atoms with Crippen molar-refractivity contribution in [2.75, 3.05) is 0 Å². The van der Waals surface area contributed by atoms with Gasteiger partial charge in [-0.15, -0.1) is 0 Å². The predicted octanol–water partition coefficient (Wildman–Crippen LogP) is 11.5. The Balaban J connectivity index is 1.11. The molecule has 0 saturated heterocycles. The summed E-state index contributed by atoms with van der Waals surface area (Å²) in [6, 6.07) is 60.3. The molecule has 0 unspecified atom stereocenters. The number of pyridine rings is 2. The van der Waals surface area contributed by atoms with Gasteiger partial charge in [-0.2, -0.15) is 0 Å². The molecule has 0 atom stereocenters. The van der Waals surface area contributed by atoms with Crippen molar-refractivity contribution in [3.05, 3.63) is 188 Å². The fourth-order valence-corrected chi connectivity index (χ4v) is 6.66. The van der Waals surface area contributed by atoms with Crippen LogP contribution in [-0.2, 0) is 0 Å². The molecule has 244 valence electrons. The largest absolute Gasteiger partial charge is 0.256 e. The van der Waals surface area contributed by atoms with Crippen LogP contribution in [0.3, 0.4) is 0 Å². The Morgan fingerprint density at radius 3 is 1.46 bits per heavy atom. The number of nitrogens with zero attached hydrogens (tertiary/aromatic N) is 5. The summed E-state index contributed by atoms with van der Waals surface area (Å²) in [4.78, 5) is 24.2. The average Bonchev–Trinajstić information content (AvgIpc) is 3.24. The van der Waals surface area contributed by atoms with E-state index in [0.717, 1.165) is 61.1 Å². The van der Waals surface area contributed by atoms with E-state index in [-0.39, 0.29) is 0 Å². The molecule has 3 aromatic heterocycles. The maximum Gasteiger partial charge on any atom is 0.164 e. The van der Waals surface area contributed by atoms with Crippen LogP contribution >= 0.6 is 0 Å². The van der Waals surface area contributed by atoms with E-state index in [4.69, 9.17) is 19.9 Å². The van der Waals surface area contributed by atoms with Crippen molar-refractivity contribution in [1.29, 1.82) is 0 Å².